The number of anilines is 2. The van der Waals surface area contributed by atoms with Crippen LogP contribution in [-0.2, 0) is 9.84 Å². The molecule has 0 spiro atoms. The van der Waals surface area contributed by atoms with Crippen molar-refractivity contribution in [2.24, 2.45) is 0 Å². The molecule has 1 aromatic heterocycles. The maximum absolute atomic E-state index is 11.4. The number of nitrogens with zero attached hydrogens (tertiary/aromatic N) is 3. The number of hydrogen-bond acceptors (Lipinski definition) is 8. The predicted molar refractivity (Wildman–Crippen MR) is 78.1 cm³/mol. The first-order chi connectivity index (χ1) is 9.93. The van der Waals surface area contributed by atoms with Crippen LogP contribution in [0.2, 0.25) is 0 Å². The van der Waals surface area contributed by atoms with Crippen molar-refractivity contribution < 1.29 is 13.3 Å². The molecular weight excluding hydrogens is 298 g/mol. The zero-order valence-electron chi connectivity index (χ0n) is 11.6. The van der Waals surface area contributed by atoms with Crippen LogP contribution >= 0.6 is 0 Å². The van der Waals surface area contributed by atoms with Gasteiger partial charge in [-0.05, 0) is 19.8 Å². The molecule has 2 heterocycles. The Bertz CT molecular complexity index is 620. The summed E-state index contributed by atoms with van der Waals surface area (Å²) in [6.45, 7) is 2.31. The summed E-state index contributed by atoms with van der Waals surface area (Å²) >= 11 is 0. The van der Waals surface area contributed by atoms with Gasteiger partial charge in [0.2, 0.25) is 11.6 Å². The summed E-state index contributed by atoms with van der Waals surface area (Å²) < 4.78 is 22.8. The fourth-order valence-corrected chi connectivity index (χ4v) is 3.67. The summed E-state index contributed by atoms with van der Waals surface area (Å²) in [6, 6.07) is -0.142. The van der Waals surface area contributed by atoms with E-state index in [1.54, 1.807) is 0 Å². The Kier molecular flexibility index (Phi) is 4.56. The van der Waals surface area contributed by atoms with Crippen LogP contribution in [0.15, 0.2) is 6.33 Å². The maximum Gasteiger partial charge on any atom is 0.353 e. The Morgan fingerprint density at radius 3 is 2.52 bits per heavy atom. The van der Waals surface area contributed by atoms with Gasteiger partial charge in [0.1, 0.15) is 16.2 Å². The van der Waals surface area contributed by atoms with E-state index in [1.807, 2.05) is 6.92 Å². The van der Waals surface area contributed by atoms with Crippen molar-refractivity contribution >= 4 is 27.2 Å². The average Bonchev–Trinajstić information content (AvgIpc) is 2.41. The van der Waals surface area contributed by atoms with Crippen LogP contribution in [0.5, 0.6) is 0 Å². The standard InChI is InChI=1S/C11H17N5O4S/c1-2-12-10-9(16(17)18)11(14-7-13-10)15-8-3-5-21(19,20)6-4-8/h7-8H,2-6H2,1H3,(H2,12,13,14,15). The van der Waals surface area contributed by atoms with E-state index in [0.717, 1.165) is 0 Å². The van der Waals surface area contributed by atoms with Gasteiger partial charge in [0, 0.05) is 12.6 Å². The predicted octanol–water partition coefficient (Wildman–Crippen LogP) is 0.806. The molecule has 1 fully saturated rings. The number of sulfone groups is 1. The Morgan fingerprint density at radius 1 is 1.33 bits per heavy atom. The van der Waals surface area contributed by atoms with Gasteiger partial charge in [-0.3, -0.25) is 10.1 Å². The highest BCUT2D eigenvalue weighted by molar-refractivity contribution is 7.91. The number of rotatable bonds is 5. The molecule has 0 saturated carbocycles. The molecule has 0 amide bonds. The van der Waals surface area contributed by atoms with Gasteiger partial charge in [-0.1, -0.05) is 0 Å². The minimum atomic E-state index is -2.97. The lowest BCUT2D eigenvalue weighted by Gasteiger charge is -2.23. The number of aromatic nitrogens is 2. The highest BCUT2D eigenvalue weighted by Gasteiger charge is 2.28. The van der Waals surface area contributed by atoms with Gasteiger partial charge in [0.15, 0.2) is 0 Å². The molecular formula is C11H17N5O4S. The third kappa shape index (κ3) is 3.78. The summed E-state index contributed by atoms with van der Waals surface area (Å²) in [5.74, 6) is 0.450. The first-order valence-electron chi connectivity index (χ1n) is 6.63. The molecule has 116 valence electrons. The quantitative estimate of drug-likeness (QED) is 0.603. The fourth-order valence-electron chi connectivity index (χ4n) is 2.18. The van der Waals surface area contributed by atoms with Gasteiger partial charge in [-0.2, -0.15) is 0 Å². The number of nitrogens with one attached hydrogen (secondary N) is 2. The molecule has 2 N–H and O–H groups in total. The van der Waals surface area contributed by atoms with Crippen LogP contribution in [0, 0.1) is 10.1 Å². The van der Waals surface area contributed by atoms with E-state index in [9.17, 15) is 18.5 Å². The molecule has 2 rings (SSSR count). The first-order valence-corrected chi connectivity index (χ1v) is 8.45. The van der Waals surface area contributed by atoms with Gasteiger partial charge >= 0.3 is 5.69 Å². The molecule has 1 aromatic rings. The summed E-state index contributed by atoms with van der Waals surface area (Å²) in [7, 11) is -2.97. The van der Waals surface area contributed by atoms with E-state index in [1.165, 1.54) is 6.33 Å². The SMILES string of the molecule is CCNc1ncnc(NC2CCS(=O)(=O)CC2)c1[N+](=O)[O-]. The van der Waals surface area contributed by atoms with Crippen molar-refractivity contribution in [2.45, 2.75) is 25.8 Å². The van der Waals surface area contributed by atoms with Crippen molar-refractivity contribution in [3.05, 3.63) is 16.4 Å². The third-order valence-corrected chi connectivity index (χ3v) is 4.96. The van der Waals surface area contributed by atoms with Gasteiger partial charge in [-0.15, -0.1) is 0 Å². The maximum atomic E-state index is 11.4. The Labute approximate surface area is 122 Å². The molecule has 21 heavy (non-hydrogen) atoms. The average molecular weight is 315 g/mol. The van der Waals surface area contributed by atoms with E-state index in [2.05, 4.69) is 20.6 Å². The molecule has 0 aromatic carbocycles. The van der Waals surface area contributed by atoms with E-state index in [4.69, 9.17) is 0 Å². The van der Waals surface area contributed by atoms with Crippen molar-refractivity contribution in [2.75, 3.05) is 28.7 Å². The summed E-state index contributed by atoms with van der Waals surface area (Å²) in [6.07, 6.45) is 2.08. The van der Waals surface area contributed by atoms with Crippen molar-refractivity contribution in [3.8, 4) is 0 Å². The molecule has 10 heteroatoms. The van der Waals surface area contributed by atoms with Crippen molar-refractivity contribution in [1.82, 2.24) is 9.97 Å². The molecule has 1 aliphatic heterocycles. The molecule has 0 aliphatic carbocycles. The minimum Gasteiger partial charge on any atom is -0.364 e. The molecule has 0 unspecified atom stereocenters. The monoisotopic (exact) mass is 315 g/mol. The molecule has 0 radical (unpaired) electrons. The van der Waals surface area contributed by atoms with Gasteiger partial charge in [0.25, 0.3) is 0 Å². The van der Waals surface area contributed by atoms with Crippen molar-refractivity contribution in [1.29, 1.82) is 0 Å². The molecule has 1 saturated heterocycles. The third-order valence-electron chi connectivity index (χ3n) is 3.24. The van der Waals surface area contributed by atoms with Crippen molar-refractivity contribution in [3.63, 3.8) is 0 Å². The van der Waals surface area contributed by atoms with Crippen LogP contribution < -0.4 is 10.6 Å². The van der Waals surface area contributed by atoms with Crippen LogP contribution in [0.3, 0.4) is 0 Å². The summed E-state index contributed by atoms with van der Waals surface area (Å²) in [4.78, 5) is 18.5. The highest BCUT2D eigenvalue weighted by Crippen LogP contribution is 2.30. The van der Waals surface area contributed by atoms with Crippen LogP contribution in [0.1, 0.15) is 19.8 Å². The normalized spacial score (nSPS) is 18.1. The molecule has 0 bridgehead atoms. The second kappa shape index (κ2) is 6.20. The van der Waals surface area contributed by atoms with Gasteiger partial charge in [-0.25, -0.2) is 18.4 Å². The topological polar surface area (TPSA) is 127 Å². The van der Waals surface area contributed by atoms with Crippen LogP contribution in [0.4, 0.5) is 17.3 Å². The Morgan fingerprint density at radius 2 is 1.95 bits per heavy atom. The van der Waals surface area contributed by atoms with E-state index in [-0.39, 0.29) is 34.9 Å². The minimum absolute atomic E-state index is 0.0869. The Hall–Kier alpha value is -1.97. The molecule has 1 aliphatic rings. The summed E-state index contributed by atoms with van der Waals surface area (Å²) in [5.41, 5.74) is -0.215. The van der Waals surface area contributed by atoms with Gasteiger partial charge < -0.3 is 10.6 Å². The second-order valence-corrected chi connectivity index (χ2v) is 7.08. The molecule has 9 nitrogen and oxygen atoms in total. The van der Waals surface area contributed by atoms with Crippen LogP contribution in [0.25, 0.3) is 0 Å². The largest absolute Gasteiger partial charge is 0.364 e. The zero-order valence-corrected chi connectivity index (χ0v) is 12.4. The lowest BCUT2D eigenvalue weighted by Crippen LogP contribution is -2.32. The smallest absolute Gasteiger partial charge is 0.353 e. The highest BCUT2D eigenvalue weighted by atomic mass is 32.2. The Balaban J connectivity index is 2.20. The first kappa shape index (κ1) is 15.4. The van der Waals surface area contributed by atoms with E-state index >= 15 is 0 Å². The second-order valence-electron chi connectivity index (χ2n) is 4.78. The number of nitro groups is 1. The van der Waals surface area contributed by atoms with Gasteiger partial charge in [0.05, 0.1) is 16.4 Å². The lowest BCUT2D eigenvalue weighted by molar-refractivity contribution is -0.383. The number of hydrogen-bond donors (Lipinski definition) is 2. The summed E-state index contributed by atoms with van der Waals surface area (Å²) in [5, 5.41) is 17.0. The van der Waals surface area contributed by atoms with E-state index in [0.29, 0.717) is 19.4 Å². The zero-order chi connectivity index (χ0) is 15.5. The molecule has 0 atom stereocenters. The van der Waals surface area contributed by atoms with E-state index < -0.39 is 14.8 Å². The van der Waals surface area contributed by atoms with Crippen LogP contribution in [-0.4, -0.2) is 47.4 Å². The lowest BCUT2D eigenvalue weighted by atomic mass is 10.1. The fraction of sp³-hybridized carbons (Fsp3) is 0.636.